The van der Waals surface area contributed by atoms with Gasteiger partial charge in [0.05, 0.1) is 5.41 Å². The highest BCUT2D eigenvalue weighted by Gasteiger charge is 2.47. The van der Waals surface area contributed by atoms with Gasteiger partial charge in [0.1, 0.15) is 0 Å². The molecular weight excluding hydrogens is 769 g/mol. The Kier molecular flexibility index (Phi) is 6.87. The minimum Gasteiger partial charge on any atom is -0.0622 e. The Bertz CT molecular complexity index is 3620. The average molecular weight is 809 g/mol. The molecule has 0 aliphatic heterocycles. The highest BCUT2D eigenvalue weighted by atomic mass is 14.5. The van der Waals surface area contributed by atoms with Crippen LogP contribution in [0.3, 0.4) is 0 Å². The summed E-state index contributed by atoms with van der Waals surface area (Å²) < 4.78 is 0. The first-order valence-corrected chi connectivity index (χ1v) is 22.9. The summed E-state index contributed by atoms with van der Waals surface area (Å²) in [5.41, 5.74) is 34.6. The lowest BCUT2D eigenvalue weighted by molar-refractivity contribution is 0.769. The van der Waals surface area contributed by atoms with Crippen LogP contribution in [0.25, 0.3) is 89.0 Å². The lowest BCUT2D eigenvalue weighted by Gasteiger charge is -2.34. The largest absolute Gasteiger partial charge is 0.0713 e. The number of fused-ring (bicyclic) bond motifs is 20. The summed E-state index contributed by atoms with van der Waals surface area (Å²) in [7, 11) is 0. The molecule has 0 heteroatoms. The lowest BCUT2D eigenvalue weighted by atomic mass is 9.67. The molecule has 15 rings (SSSR count). The van der Waals surface area contributed by atoms with Gasteiger partial charge in [0.15, 0.2) is 0 Å². The molecular formula is C64H40. The van der Waals surface area contributed by atoms with E-state index in [0.29, 0.717) is 0 Å². The van der Waals surface area contributed by atoms with Crippen molar-refractivity contribution in [3.05, 3.63) is 262 Å². The smallest absolute Gasteiger partial charge is 0.0622 e. The Morgan fingerprint density at radius 3 is 0.969 bits per heavy atom. The van der Waals surface area contributed by atoms with Crippen LogP contribution in [0.15, 0.2) is 206 Å². The first-order valence-electron chi connectivity index (χ1n) is 22.9. The Labute approximate surface area is 373 Å². The monoisotopic (exact) mass is 808 g/mol. The fourth-order valence-electron chi connectivity index (χ4n) is 12.8. The quantitative estimate of drug-likeness (QED) is 0.163. The van der Waals surface area contributed by atoms with E-state index in [2.05, 4.69) is 206 Å². The maximum atomic E-state index is 2.64. The molecule has 0 aromatic heterocycles. The van der Waals surface area contributed by atoms with E-state index in [9.17, 15) is 0 Å². The molecule has 0 saturated heterocycles. The van der Waals surface area contributed by atoms with E-state index in [0.717, 1.165) is 19.3 Å². The molecule has 0 N–H and O–H groups in total. The number of hydrogen-bond acceptors (Lipinski definition) is 0. The van der Waals surface area contributed by atoms with Crippen LogP contribution < -0.4 is 0 Å². The first kappa shape index (κ1) is 34.7. The molecule has 0 spiro atoms. The van der Waals surface area contributed by atoms with Crippen LogP contribution in [0.2, 0.25) is 0 Å². The lowest BCUT2D eigenvalue weighted by Crippen LogP contribution is -2.28. The van der Waals surface area contributed by atoms with Gasteiger partial charge < -0.3 is 0 Å². The van der Waals surface area contributed by atoms with Gasteiger partial charge in [-0.25, -0.2) is 0 Å². The van der Waals surface area contributed by atoms with Crippen LogP contribution in [0, 0.1) is 0 Å². The second-order valence-electron chi connectivity index (χ2n) is 18.6. The third-order valence-electron chi connectivity index (χ3n) is 15.6. The van der Waals surface area contributed by atoms with Crippen LogP contribution in [0.4, 0.5) is 0 Å². The number of benzene rings is 10. The maximum Gasteiger partial charge on any atom is 0.0713 e. The summed E-state index contributed by atoms with van der Waals surface area (Å²) in [6.07, 6.45) is 2.84. The molecule has 0 saturated carbocycles. The predicted octanol–water partition coefficient (Wildman–Crippen LogP) is 15.7. The normalized spacial score (nSPS) is 14.2. The minimum atomic E-state index is -0.513. The molecule has 0 nitrogen and oxygen atoms in total. The van der Waals surface area contributed by atoms with Crippen LogP contribution in [-0.4, -0.2) is 0 Å². The molecule has 0 bridgehead atoms. The van der Waals surface area contributed by atoms with Gasteiger partial charge in [-0.2, -0.15) is 0 Å². The Morgan fingerprint density at radius 1 is 0.203 bits per heavy atom. The highest BCUT2D eigenvalue weighted by Crippen LogP contribution is 2.61. The van der Waals surface area contributed by atoms with Gasteiger partial charge in [-0.3, -0.25) is 0 Å². The van der Waals surface area contributed by atoms with E-state index >= 15 is 0 Å². The van der Waals surface area contributed by atoms with Crippen LogP contribution in [0.5, 0.6) is 0 Å². The van der Waals surface area contributed by atoms with Crippen LogP contribution in [-0.2, 0) is 24.7 Å². The van der Waals surface area contributed by atoms with E-state index in [1.807, 2.05) is 0 Å². The van der Waals surface area contributed by atoms with Crippen LogP contribution in [0.1, 0.15) is 55.6 Å². The van der Waals surface area contributed by atoms with Gasteiger partial charge in [0, 0.05) is 0 Å². The van der Waals surface area contributed by atoms with Gasteiger partial charge in [0.25, 0.3) is 0 Å². The van der Waals surface area contributed by atoms with Gasteiger partial charge in [-0.05, 0) is 212 Å². The second-order valence-corrected chi connectivity index (χ2v) is 18.6. The second kappa shape index (κ2) is 12.7. The summed E-state index contributed by atoms with van der Waals surface area (Å²) in [5.74, 6) is 0. The molecule has 0 amide bonds. The van der Waals surface area contributed by atoms with E-state index < -0.39 is 5.41 Å². The van der Waals surface area contributed by atoms with Crippen LogP contribution >= 0.6 is 0 Å². The molecule has 5 aliphatic carbocycles. The number of rotatable bonds is 2. The summed E-state index contributed by atoms with van der Waals surface area (Å²) in [4.78, 5) is 0. The standard InChI is InChI=1S/C64H40/c1-3-18-44(19-4-1)64(45-20-5-2-6-21-45)62-26-14-13-25-49(62)61-36-59-57-34-51-42(28-39-16-8-11-23-47(39)51)31-54(57)53-30-41-27-38-15-7-10-22-46(38)50(41)33-56(53)58-35-52-43(29-40-17-9-12-24-48(40)52)32-55(58)60(59)37-63(61)64/h1-26,30-37H,27-29H2. The fraction of sp³-hybridized carbons (Fsp3) is 0.0625. The zero-order valence-electron chi connectivity index (χ0n) is 35.3. The molecule has 0 radical (unpaired) electrons. The fourth-order valence-corrected chi connectivity index (χ4v) is 12.8. The van der Waals surface area contributed by atoms with Gasteiger partial charge in [-0.1, -0.05) is 158 Å². The average Bonchev–Trinajstić information content (AvgIpc) is 4.10. The Hall–Kier alpha value is -7.80. The SMILES string of the molecule is c1ccc(C2(c3ccccc3)c3ccccc3-c3cc4c(cc32)-c2cc3c(cc2-c2cc5c(cc2-c2cc6c(cc2-4)-c2ccccc2C6)Cc2ccccc2-5)-c2ccccc2C3)cc1. The van der Waals surface area contributed by atoms with E-state index in [1.165, 1.54) is 145 Å². The molecule has 0 atom stereocenters. The molecule has 10 aromatic rings. The van der Waals surface area contributed by atoms with Crippen molar-refractivity contribution >= 4 is 0 Å². The molecule has 64 heavy (non-hydrogen) atoms. The molecule has 0 heterocycles. The van der Waals surface area contributed by atoms with Crippen molar-refractivity contribution in [1.82, 2.24) is 0 Å². The summed E-state index contributed by atoms with van der Waals surface area (Å²) in [5, 5.41) is 0. The first-order chi connectivity index (χ1) is 31.7. The summed E-state index contributed by atoms with van der Waals surface area (Å²) in [6.45, 7) is 0. The zero-order valence-corrected chi connectivity index (χ0v) is 35.3. The van der Waals surface area contributed by atoms with Gasteiger partial charge >= 0.3 is 0 Å². The van der Waals surface area contributed by atoms with Crippen molar-refractivity contribution < 1.29 is 0 Å². The topological polar surface area (TPSA) is 0 Å². The molecule has 10 aromatic carbocycles. The Morgan fingerprint density at radius 2 is 0.531 bits per heavy atom. The molecule has 0 fully saturated rings. The minimum absolute atomic E-state index is 0.513. The van der Waals surface area contributed by atoms with Crippen molar-refractivity contribution in [3.63, 3.8) is 0 Å². The molecule has 5 aliphatic rings. The zero-order chi connectivity index (χ0) is 41.7. The third kappa shape index (κ3) is 4.52. The van der Waals surface area contributed by atoms with E-state index in [-0.39, 0.29) is 0 Å². The van der Waals surface area contributed by atoms with Crippen molar-refractivity contribution in [3.8, 4) is 89.0 Å². The number of hydrogen-bond donors (Lipinski definition) is 0. The molecule has 296 valence electrons. The van der Waals surface area contributed by atoms with Crippen molar-refractivity contribution in [2.45, 2.75) is 24.7 Å². The molecule has 0 unspecified atom stereocenters. The summed E-state index contributed by atoms with van der Waals surface area (Å²) in [6, 6.07) is 79.7. The maximum absolute atomic E-state index is 2.64. The van der Waals surface area contributed by atoms with E-state index in [1.54, 1.807) is 0 Å². The van der Waals surface area contributed by atoms with Gasteiger partial charge in [0.2, 0.25) is 0 Å². The Balaban J connectivity index is 1.12. The van der Waals surface area contributed by atoms with Gasteiger partial charge in [-0.15, -0.1) is 0 Å². The summed E-state index contributed by atoms with van der Waals surface area (Å²) >= 11 is 0. The predicted molar refractivity (Wildman–Crippen MR) is 264 cm³/mol. The highest BCUT2D eigenvalue weighted by molar-refractivity contribution is 6.09. The van der Waals surface area contributed by atoms with Crippen molar-refractivity contribution in [2.24, 2.45) is 0 Å². The van der Waals surface area contributed by atoms with Crippen molar-refractivity contribution in [1.29, 1.82) is 0 Å². The third-order valence-corrected chi connectivity index (χ3v) is 15.6. The van der Waals surface area contributed by atoms with Crippen molar-refractivity contribution in [2.75, 3.05) is 0 Å². The van der Waals surface area contributed by atoms with E-state index in [4.69, 9.17) is 0 Å².